The summed E-state index contributed by atoms with van der Waals surface area (Å²) in [5.41, 5.74) is 5.94. The number of aryl methyl sites for hydroxylation is 3. The van der Waals surface area contributed by atoms with E-state index >= 15 is 0 Å². The molecular formula is C24H26N2O3S. The summed E-state index contributed by atoms with van der Waals surface area (Å²) in [6, 6.07) is 20.2. The molecule has 156 valence electrons. The van der Waals surface area contributed by atoms with Crippen molar-refractivity contribution in [3.63, 3.8) is 0 Å². The molecule has 0 bridgehead atoms. The monoisotopic (exact) mass is 422 g/mol. The Bertz CT molecular complexity index is 1150. The molecular weight excluding hydrogens is 396 g/mol. The molecule has 1 amide bonds. The van der Waals surface area contributed by atoms with Crippen molar-refractivity contribution in [2.45, 2.75) is 27.3 Å². The molecule has 0 aliphatic rings. The molecule has 5 nitrogen and oxygen atoms in total. The highest BCUT2D eigenvalue weighted by Gasteiger charge is 2.18. The van der Waals surface area contributed by atoms with E-state index in [1.807, 2.05) is 63.2 Å². The third-order valence-corrected chi connectivity index (χ3v) is 6.17. The van der Waals surface area contributed by atoms with Crippen LogP contribution in [0.2, 0.25) is 0 Å². The molecule has 3 aromatic carbocycles. The molecule has 0 spiro atoms. The molecule has 3 aromatic rings. The summed E-state index contributed by atoms with van der Waals surface area (Å²) in [5, 5.41) is 2.86. The van der Waals surface area contributed by atoms with E-state index < -0.39 is 10.0 Å². The number of carbonyl (C=O) groups is 1. The number of nitrogens with zero attached hydrogens (tertiary/aromatic N) is 1. The van der Waals surface area contributed by atoms with Crippen LogP contribution in [0.25, 0.3) is 0 Å². The number of rotatable bonds is 6. The third-order valence-electron chi connectivity index (χ3n) is 5.03. The van der Waals surface area contributed by atoms with E-state index in [-0.39, 0.29) is 12.5 Å². The van der Waals surface area contributed by atoms with Gasteiger partial charge < -0.3 is 5.32 Å². The number of hydrogen-bond donors (Lipinski definition) is 1. The Balaban J connectivity index is 1.76. The molecule has 0 heterocycles. The predicted molar refractivity (Wildman–Crippen MR) is 123 cm³/mol. The van der Waals surface area contributed by atoms with Gasteiger partial charge in [0.15, 0.2) is 0 Å². The Morgan fingerprint density at radius 2 is 1.50 bits per heavy atom. The number of nitrogens with one attached hydrogen (secondary N) is 1. The summed E-state index contributed by atoms with van der Waals surface area (Å²) < 4.78 is 26.2. The lowest BCUT2D eigenvalue weighted by Gasteiger charge is -2.23. The Morgan fingerprint density at radius 3 is 2.07 bits per heavy atom. The normalized spacial score (nSPS) is 11.2. The maximum absolute atomic E-state index is 12.4. The van der Waals surface area contributed by atoms with Gasteiger partial charge in [0.1, 0.15) is 0 Å². The smallest absolute Gasteiger partial charge is 0.255 e. The van der Waals surface area contributed by atoms with E-state index in [0.29, 0.717) is 16.9 Å². The van der Waals surface area contributed by atoms with Gasteiger partial charge in [0.05, 0.1) is 18.5 Å². The first-order valence-corrected chi connectivity index (χ1v) is 11.5. The zero-order valence-electron chi connectivity index (χ0n) is 17.6. The maximum atomic E-state index is 12.4. The van der Waals surface area contributed by atoms with E-state index in [0.717, 1.165) is 22.3 Å². The second kappa shape index (κ2) is 8.71. The van der Waals surface area contributed by atoms with Gasteiger partial charge in [-0.3, -0.25) is 9.10 Å². The molecule has 1 N–H and O–H groups in total. The van der Waals surface area contributed by atoms with Crippen molar-refractivity contribution in [1.29, 1.82) is 0 Å². The minimum absolute atomic E-state index is 0.185. The molecule has 0 fully saturated rings. The van der Waals surface area contributed by atoms with Gasteiger partial charge in [0, 0.05) is 11.3 Å². The maximum Gasteiger partial charge on any atom is 0.255 e. The SMILES string of the molecule is Cc1ccc(C(=O)Nc2ccc(CN(c3ccc(C)c(C)c3)S(C)(=O)=O)cc2)cc1. The van der Waals surface area contributed by atoms with Crippen LogP contribution in [0.15, 0.2) is 66.7 Å². The van der Waals surface area contributed by atoms with Crippen LogP contribution >= 0.6 is 0 Å². The average molecular weight is 423 g/mol. The van der Waals surface area contributed by atoms with Crippen LogP contribution in [0.4, 0.5) is 11.4 Å². The Hall–Kier alpha value is -3.12. The van der Waals surface area contributed by atoms with E-state index in [1.54, 1.807) is 24.3 Å². The summed E-state index contributed by atoms with van der Waals surface area (Å²) in [4.78, 5) is 12.4. The van der Waals surface area contributed by atoms with Gasteiger partial charge in [0.25, 0.3) is 5.91 Å². The lowest BCUT2D eigenvalue weighted by Crippen LogP contribution is -2.29. The van der Waals surface area contributed by atoms with E-state index in [4.69, 9.17) is 0 Å². The van der Waals surface area contributed by atoms with Gasteiger partial charge in [-0.25, -0.2) is 8.42 Å². The fourth-order valence-electron chi connectivity index (χ4n) is 3.05. The zero-order chi connectivity index (χ0) is 21.9. The molecule has 0 atom stereocenters. The summed E-state index contributed by atoms with van der Waals surface area (Å²) >= 11 is 0. The molecule has 30 heavy (non-hydrogen) atoms. The van der Waals surface area contributed by atoms with Crippen LogP contribution < -0.4 is 9.62 Å². The Labute approximate surface area is 178 Å². The predicted octanol–water partition coefficient (Wildman–Crippen LogP) is 4.83. The standard InChI is InChI=1S/C24H26N2O3S/c1-17-5-10-21(11-6-17)24(27)25-22-12-8-20(9-13-22)16-26(30(4,28)29)23-14-7-18(2)19(3)15-23/h5-15H,16H2,1-4H3,(H,25,27). The van der Waals surface area contributed by atoms with Gasteiger partial charge in [0.2, 0.25) is 10.0 Å². The summed E-state index contributed by atoms with van der Waals surface area (Å²) in [5.74, 6) is -0.185. The van der Waals surface area contributed by atoms with Crippen LogP contribution in [0.5, 0.6) is 0 Å². The van der Waals surface area contributed by atoms with Crippen molar-refractivity contribution >= 4 is 27.3 Å². The second-order valence-electron chi connectivity index (χ2n) is 7.56. The quantitative estimate of drug-likeness (QED) is 0.619. The number of sulfonamides is 1. The molecule has 0 aliphatic carbocycles. The largest absolute Gasteiger partial charge is 0.322 e. The molecule has 6 heteroatoms. The fourth-order valence-corrected chi connectivity index (χ4v) is 3.93. The Kier molecular flexibility index (Phi) is 6.27. The molecule has 0 aliphatic heterocycles. The van der Waals surface area contributed by atoms with E-state index in [9.17, 15) is 13.2 Å². The van der Waals surface area contributed by atoms with Gasteiger partial charge in [-0.15, -0.1) is 0 Å². The van der Waals surface area contributed by atoms with Crippen LogP contribution in [0.1, 0.15) is 32.6 Å². The summed E-state index contributed by atoms with van der Waals surface area (Å²) in [6.45, 7) is 6.14. The number of benzene rings is 3. The van der Waals surface area contributed by atoms with Crippen molar-refractivity contribution in [2.24, 2.45) is 0 Å². The van der Waals surface area contributed by atoms with Crippen molar-refractivity contribution in [3.05, 3.63) is 94.5 Å². The van der Waals surface area contributed by atoms with Crippen LogP contribution in [0.3, 0.4) is 0 Å². The summed E-state index contributed by atoms with van der Waals surface area (Å²) in [6.07, 6.45) is 1.21. The van der Waals surface area contributed by atoms with Crippen LogP contribution in [-0.4, -0.2) is 20.6 Å². The second-order valence-corrected chi connectivity index (χ2v) is 9.46. The first kappa shape index (κ1) is 21.6. The minimum Gasteiger partial charge on any atom is -0.322 e. The number of hydrogen-bond acceptors (Lipinski definition) is 3. The van der Waals surface area contributed by atoms with E-state index in [1.165, 1.54) is 10.6 Å². The van der Waals surface area contributed by atoms with Gasteiger partial charge in [-0.05, 0) is 73.9 Å². The number of anilines is 2. The average Bonchev–Trinajstić information content (AvgIpc) is 2.69. The highest BCUT2D eigenvalue weighted by atomic mass is 32.2. The number of amides is 1. The van der Waals surface area contributed by atoms with Crippen molar-refractivity contribution < 1.29 is 13.2 Å². The molecule has 3 rings (SSSR count). The first-order valence-electron chi connectivity index (χ1n) is 9.65. The molecule has 0 saturated carbocycles. The topological polar surface area (TPSA) is 66.5 Å². The first-order chi connectivity index (χ1) is 14.1. The fraction of sp³-hybridized carbons (Fsp3) is 0.208. The molecule has 0 radical (unpaired) electrons. The van der Waals surface area contributed by atoms with E-state index in [2.05, 4.69) is 5.32 Å². The lowest BCUT2D eigenvalue weighted by atomic mass is 10.1. The lowest BCUT2D eigenvalue weighted by molar-refractivity contribution is 0.102. The van der Waals surface area contributed by atoms with Crippen molar-refractivity contribution in [2.75, 3.05) is 15.9 Å². The van der Waals surface area contributed by atoms with Gasteiger partial charge in [-0.1, -0.05) is 35.9 Å². The van der Waals surface area contributed by atoms with Crippen molar-refractivity contribution in [1.82, 2.24) is 0 Å². The van der Waals surface area contributed by atoms with Gasteiger partial charge in [-0.2, -0.15) is 0 Å². The van der Waals surface area contributed by atoms with Crippen LogP contribution in [-0.2, 0) is 16.6 Å². The van der Waals surface area contributed by atoms with Gasteiger partial charge >= 0.3 is 0 Å². The molecule has 0 unspecified atom stereocenters. The van der Waals surface area contributed by atoms with Crippen molar-refractivity contribution in [3.8, 4) is 0 Å². The van der Waals surface area contributed by atoms with Crippen LogP contribution in [0, 0.1) is 20.8 Å². The summed E-state index contributed by atoms with van der Waals surface area (Å²) in [7, 11) is -3.45. The highest BCUT2D eigenvalue weighted by Crippen LogP contribution is 2.24. The highest BCUT2D eigenvalue weighted by molar-refractivity contribution is 7.92. The minimum atomic E-state index is -3.45. The molecule has 0 saturated heterocycles. The molecule has 0 aromatic heterocycles. The zero-order valence-corrected chi connectivity index (χ0v) is 18.5. The third kappa shape index (κ3) is 5.27. The number of carbonyl (C=O) groups excluding carboxylic acids is 1. The Morgan fingerprint density at radius 1 is 0.867 bits per heavy atom.